The average Bonchev–Trinajstić information content (AvgIpc) is 2.77. The molecular weight excluding hydrogens is 283 g/mol. The molecule has 0 unspecified atom stereocenters. The summed E-state index contributed by atoms with van der Waals surface area (Å²) < 4.78 is 27.8. The van der Waals surface area contributed by atoms with Gasteiger partial charge in [-0.3, -0.25) is 4.72 Å². The summed E-state index contributed by atoms with van der Waals surface area (Å²) in [6, 6.07) is 4.64. The van der Waals surface area contributed by atoms with E-state index in [2.05, 4.69) is 4.72 Å². The van der Waals surface area contributed by atoms with Crippen molar-refractivity contribution in [1.29, 1.82) is 0 Å². The van der Waals surface area contributed by atoms with E-state index in [1.807, 2.05) is 0 Å². The van der Waals surface area contributed by atoms with Crippen LogP contribution in [0, 0.1) is 0 Å². The number of benzene rings is 1. The molecule has 0 aliphatic carbocycles. The fraction of sp³-hybridized carbons (Fsp3) is 0.400. The molecular formula is C10H12Cl2N2O2S. The molecule has 0 spiro atoms. The van der Waals surface area contributed by atoms with Gasteiger partial charge in [-0.15, -0.1) is 0 Å². The van der Waals surface area contributed by atoms with E-state index >= 15 is 0 Å². The second-order valence-electron chi connectivity index (χ2n) is 3.84. The number of hydrogen-bond acceptors (Lipinski definition) is 2. The van der Waals surface area contributed by atoms with E-state index in [4.69, 9.17) is 23.2 Å². The predicted octanol–water partition coefficient (Wildman–Crippen LogP) is 2.75. The smallest absolute Gasteiger partial charge is 0.271 e. The summed E-state index contributed by atoms with van der Waals surface area (Å²) in [5, 5.41) is 0.726. The summed E-state index contributed by atoms with van der Waals surface area (Å²) in [7, 11) is -3.46. The van der Waals surface area contributed by atoms with Gasteiger partial charge in [0.2, 0.25) is 0 Å². The first-order valence-electron chi connectivity index (χ1n) is 5.22. The van der Waals surface area contributed by atoms with Crippen LogP contribution in [-0.4, -0.2) is 25.8 Å². The Balaban J connectivity index is 2.17. The first-order valence-corrected chi connectivity index (χ1v) is 7.41. The molecule has 7 heteroatoms. The Morgan fingerprint density at radius 3 is 2.35 bits per heavy atom. The number of hydrogen-bond donors (Lipinski definition) is 1. The molecule has 1 heterocycles. The zero-order valence-corrected chi connectivity index (χ0v) is 11.3. The van der Waals surface area contributed by atoms with Gasteiger partial charge in [0.15, 0.2) is 0 Å². The third kappa shape index (κ3) is 3.04. The van der Waals surface area contributed by atoms with Gasteiger partial charge in [-0.2, -0.15) is 12.7 Å². The maximum Gasteiger partial charge on any atom is 0.301 e. The van der Waals surface area contributed by atoms with E-state index < -0.39 is 10.2 Å². The second kappa shape index (κ2) is 5.02. The monoisotopic (exact) mass is 294 g/mol. The van der Waals surface area contributed by atoms with E-state index in [0.29, 0.717) is 28.8 Å². The zero-order chi connectivity index (χ0) is 12.5. The van der Waals surface area contributed by atoms with Gasteiger partial charge in [0, 0.05) is 13.1 Å². The lowest BCUT2D eigenvalue weighted by Gasteiger charge is -2.17. The molecule has 0 radical (unpaired) electrons. The molecule has 1 N–H and O–H groups in total. The van der Waals surface area contributed by atoms with Crippen LogP contribution in [0.1, 0.15) is 12.8 Å². The van der Waals surface area contributed by atoms with Gasteiger partial charge < -0.3 is 0 Å². The molecule has 0 aromatic heterocycles. The fourth-order valence-electron chi connectivity index (χ4n) is 1.70. The van der Waals surface area contributed by atoms with Gasteiger partial charge in [0.05, 0.1) is 15.7 Å². The highest BCUT2D eigenvalue weighted by Gasteiger charge is 2.25. The minimum atomic E-state index is -3.46. The molecule has 0 amide bonds. The van der Waals surface area contributed by atoms with Crippen LogP contribution >= 0.6 is 23.2 Å². The maximum atomic E-state index is 11.9. The normalized spacial score (nSPS) is 17.3. The quantitative estimate of drug-likeness (QED) is 0.932. The van der Waals surface area contributed by atoms with E-state index in [9.17, 15) is 8.42 Å². The highest BCUT2D eigenvalue weighted by atomic mass is 35.5. The topological polar surface area (TPSA) is 49.4 Å². The Labute approximate surface area is 111 Å². The van der Waals surface area contributed by atoms with Crippen molar-refractivity contribution in [3.05, 3.63) is 28.2 Å². The summed E-state index contributed by atoms with van der Waals surface area (Å²) >= 11 is 11.6. The highest BCUT2D eigenvalue weighted by Crippen LogP contribution is 2.26. The van der Waals surface area contributed by atoms with E-state index in [1.165, 1.54) is 10.4 Å². The molecule has 1 fully saturated rings. The number of rotatable bonds is 3. The Kier molecular flexibility index (Phi) is 3.82. The van der Waals surface area contributed by atoms with Crippen molar-refractivity contribution in [2.24, 2.45) is 0 Å². The van der Waals surface area contributed by atoms with Crippen molar-refractivity contribution < 1.29 is 8.42 Å². The van der Waals surface area contributed by atoms with Gasteiger partial charge >= 0.3 is 10.2 Å². The van der Waals surface area contributed by atoms with E-state index in [1.54, 1.807) is 12.1 Å². The van der Waals surface area contributed by atoms with Crippen molar-refractivity contribution in [2.45, 2.75) is 12.8 Å². The van der Waals surface area contributed by atoms with Gasteiger partial charge in [0.25, 0.3) is 0 Å². The molecule has 1 aliphatic heterocycles. The number of nitrogens with zero attached hydrogens (tertiary/aromatic N) is 1. The summed E-state index contributed by atoms with van der Waals surface area (Å²) in [5.74, 6) is 0. The Hall–Kier alpha value is -0.490. The average molecular weight is 295 g/mol. The lowest BCUT2D eigenvalue weighted by Crippen LogP contribution is -2.33. The summed E-state index contributed by atoms with van der Waals surface area (Å²) in [4.78, 5) is 0. The minimum Gasteiger partial charge on any atom is -0.271 e. The van der Waals surface area contributed by atoms with Crippen LogP contribution in [0.2, 0.25) is 10.0 Å². The molecule has 94 valence electrons. The molecule has 2 rings (SSSR count). The highest BCUT2D eigenvalue weighted by molar-refractivity contribution is 7.90. The molecule has 1 aromatic carbocycles. The number of anilines is 1. The van der Waals surface area contributed by atoms with Crippen molar-refractivity contribution in [1.82, 2.24) is 4.31 Å². The Morgan fingerprint density at radius 1 is 1.12 bits per heavy atom. The van der Waals surface area contributed by atoms with Crippen LogP contribution in [-0.2, 0) is 10.2 Å². The van der Waals surface area contributed by atoms with E-state index in [-0.39, 0.29) is 0 Å². The second-order valence-corrected chi connectivity index (χ2v) is 6.33. The van der Waals surface area contributed by atoms with Gasteiger partial charge in [-0.05, 0) is 31.0 Å². The minimum absolute atomic E-state index is 0.327. The Bertz CT molecular complexity index is 513. The molecule has 4 nitrogen and oxygen atoms in total. The van der Waals surface area contributed by atoms with Crippen molar-refractivity contribution in [3.8, 4) is 0 Å². The molecule has 0 atom stereocenters. The molecule has 1 saturated heterocycles. The van der Waals surface area contributed by atoms with Crippen LogP contribution in [0.5, 0.6) is 0 Å². The van der Waals surface area contributed by atoms with Crippen molar-refractivity contribution >= 4 is 39.1 Å². The third-order valence-corrected chi connectivity index (χ3v) is 4.85. The van der Waals surface area contributed by atoms with Crippen molar-refractivity contribution in [3.63, 3.8) is 0 Å². The van der Waals surface area contributed by atoms with Crippen LogP contribution in [0.3, 0.4) is 0 Å². The standard InChI is InChI=1S/C10H12Cl2N2O2S/c11-9-4-3-8(7-10(9)12)13-17(15,16)14-5-1-2-6-14/h3-4,7,13H,1-2,5-6H2. The first kappa shape index (κ1) is 13.0. The summed E-state index contributed by atoms with van der Waals surface area (Å²) in [6.07, 6.45) is 1.81. The fourth-order valence-corrected chi connectivity index (χ4v) is 3.29. The van der Waals surface area contributed by atoms with Crippen LogP contribution < -0.4 is 4.72 Å². The SMILES string of the molecule is O=S(=O)(Nc1ccc(Cl)c(Cl)c1)N1CCCC1. The first-order chi connectivity index (χ1) is 7.99. The summed E-state index contributed by atoms with van der Waals surface area (Å²) in [5.41, 5.74) is 0.423. The third-order valence-electron chi connectivity index (χ3n) is 2.57. The molecule has 17 heavy (non-hydrogen) atoms. The Morgan fingerprint density at radius 2 is 1.76 bits per heavy atom. The van der Waals surface area contributed by atoms with Crippen LogP contribution in [0.25, 0.3) is 0 Å². The molecule has 1 aromatic rings. The zero-order valence-electron chi connectivity index (χ0n) is 8.99. The maximum absolute atomic E-state index is 11.9. The largest absolute Gasteiger partial charge is 0.301 e. The lowest BCUT2D eigenvalue weighted by atomic mass is 10.3. The van der Waals surface area contributed by atoms with Crippen LogP contribution in [0.15, 0.2) is 18.2 Å². The van der Waals surface area contributed by atoms with Gasteiger partial charge in [0.1, 0.15) is 0 Å². The predicted molar refractivity (Wildman–Crippen MR) is 69.8 cm³/mol. The van der Waals surface area contributed by atoms with Crippen LogP contribution in [0.4, 0.5) is 5.69 Å². The molecule has 0 saturated carbocycles. The molecule has 0 bridgehead atoms. The number of nitrogens with one attached hydrogen (secondary N) is 1. The van der Waals surface area contributed by atoms with E-state index in [0.717, 1.165) is 12.8 Å². The number of halogens is 2. The van der Waals surface area contributed by atoms with Gasteiger partial charge in [-0.25, -0.2) is 0 Å². The molecule has 1 aliphatic rings. The van der Waals surface area contributed by atoms with Crippen molar-refractivity contribution in [2.75, 3.05) is 17.8 Å². The summed E-state index contributed by atoms with van der Waals surface area (Å²) in [6.45, 7) is 1.13. The van der Waals surface area contributed by atoms with Gasteiger partial charge in [-0.1, -0.05) is 23.2 Å². The lowest BCUT2D eigenvalue weighted by molar-refractivity contribution is 0.482.